The molecule has 0 atom stereocenters. The number of rotatable bonds is 4. The van der Waals surface area contributed by atoms with Gasteiger partial charge in [0, 0.05) is 17.7 Å². The predicted octanol–water partition coefficient (Wildman–Crippen LogP) is 3.27. The van der Waals surface area contributed by atoms with E-state index in [1.54, 1.807) is 7.11 Å². The van der Waals surface area contributed by atoms with Crippen LogP contribution in [0.25, 0.3) is 11.3 Å². The second kappa shape index (κ2) is 5.97. The highest BCUT2D eigenvalue weighted by Gasteiger charge is 2.18. The molecule has 0 bridgehead atoms. The van der Waals surface area contributed by atoms with Crippen molar-refractivity contribution in [3.63, 3.8) is 0 Å². The molecular weight excluding hydrogens is 318 g/mol. The van der Waals surface area contributed by atoms with Crippen LogP contribution in [0.2, 0.25) is 0 Å². The minimum absolute atomic E-state index is 0.592. The summed E-state index contributed by atoms with van der Waals surface area (Å²) < 4.78 is 6.16. The zero-order valence-electron chi connectivity index (χ0n) is 12.3. The van der Waals surface area contributed by atoms with Gasteiger partial charge in [-0.2, -0.15) is 0 Å². The van der Waals surface area contributed by atoms with E-state index in [1.165, 1.54) is 5.56 Å². The van der Waals surface area contributed by atoms with Crippen LogP contribution in [-0.2, 0) is 6.42 Å². The van der Waals surface area contributed by atoms with Gasteiger partial charge in [-0.05, 0) is 66.0 Å². The summed E-state index contributed by atoms with van der Waals surface area (Å²) in [6, 6.07) is 2.06. The van der Waals surface area contributed by atoms with E-state index in [1.807, 2.05) is 0 Å². The molecule has 0 saturated carbocycles. The molecule has 0 aliphatic heterocycles. The lowest BCUT2D eigenvalue weighted by molar-refractivity contribution is 0.411. The van der Waals surface area contributed by atoms with Crippen LogP contribution in [-0.4, -0.2) is 23.6 Å². The van der Waals surface area contributed by atoms with Gasteiger partial charge in [0.1, 0.15) is 5.75 Å². The number of hydrogen-bond acceptors (Lipinski definition) is 3. The Morgan fingerprint density at radius 2 is 2.00 bits per heavy atom. The van der Waals surface area contributed by atoms with Crippen molar-refractivity contribution in [1.29, 1.82) is 0 Å². The summed E-state index contributed by atoms with van der Waals surface area (Å²) in [5.41, 5.74) is 12.4. The SMILES string of the molecule is COc1cc(C)c(-c2nc(Br)[nH]c2CCN)c(C)c1C. The smallest absolute Gasteiger partial charge is 0.175 e. The van der Waals surface area contributed by atoms with Crippen LogP contribution in [0.4, 0.5) is 0 Å². The topological polar surface area (TPSA) is 63.9 Å². The van der Waals surface area contributed by atoms with Gasteiger partial charge in [-0.1, -0.05) is 0 Å². The first-order chi connectivity index (χ1) is 9.49. The lowest BCUT2D eigenvalue weighted by Gasteiger charge is -2.15. The van der Waals surface area contributed by atoms with E-state index in [2.05, 4.69) is 52.7 Å². The highest BCUT2D eigenvalue weighted by atomic mass is 79.9. The predicted molar refractivity (Wildman–Crippen MR) is 85.2 cm³/mol. The molecule has 0 spiro atoms. The zero-order chi connectivity index (χ0) is 14.9. The standard InChI is InChI=1S/C15H20BrN3O/c1-8-7-12(20-4)9(2)10(3)13(8)14-11(5-6-17)18-15(16)19-14/h7H,5-6,17H2,1-4H3,(H,18,19). The molecule has 0 saturated heterocycles. The van der Waals surface area contributed by atoms with Gasteiger partial charge in [-0.3, -0.25) is 0 Å². The molecule has 0 aliphatic rings. The van der Waals surface area contributed by atoms with Crippen LogP contribution >= 0.6 is 15.9 Å². The first-order valence-electron chi connectivity index (χ1n) is 6.59. The molecule has 1 aromatic carbocycles. The summed E-state index contributed by atoms with van der Waals surface area (Å²) in [5.74, 6) is 0.915. The Morgan fingerprint density at radius 1 is 1.30 bits per heavy atom. The van der Waals surface area contributed by atoms with Crippen molar-refractivity contribution >= 4 is 15.9 Å². The maximum Gasteiger partial charge on any atom is 0.175 e. The zero-order valence-corrected chi connectivity index (χ0v) is 13.9. The highest BCUT2D eigenvalue weighted by Crippen LogP contribution is 2.35. The Labute approximate surface area is 127 Å². The molecule has 108 valence electrons. The van der Waals surface area contributed by atoms with Crippen molar-refractivity contribution in [2.24, 2.45) is 5.73 Å². The van der Waals surface area contributed by atoms with Crippen molar-refractivity contribution < 1.29 is 4.74 Å². The molecule has 0 amide bonds. The number of methoxy groups -OCH3 is 1. The molecule has 20 heavy (non-hydrogen) atoms. The summed E-state index contributed by atoms with van der Waals surface area (Å²) >= 11 is 3.41. The molecule has 3 N–H and O–H groups in total. The number of aryl methyl sites for hydroxylation is 1. The molecule has 0 unspecified atom stereocenters. The lowest BCUT2D eigenvalue weighted by Crippen LogP contribution is -2.05. The third kappa shape index (κ3) is 2.60. The first-order valence-corrected chi connectivity index (χ1v) is 7.38. The number of ether oxygens (including phenoxy) is 1. The summed E-state index contributed by atoms with van der Waals surface area (Å²) in [7, 11) is 1.70. The average Bonchev–Trinajstić information content (AvgIpc) is 2.75. The number of halogens is 1. The quantitative estimate of drug-likeness (QED) is 0.899. The Morgan fingerprint density at radius 3 is 2.60 bits per heavy atom. The summed E-state index contributed by atoms with van der Waals surface area (Å²) in [4.78, 5) is 7.82. The number of aromatic amines is 1. The van der Waals surface area contributed by atoms with Crippen molar-refractivity contribution in [1.82, 2.24) is 9.97 Å². The Hall–Kier alpha value is -1.33. The van der Waals surface area contributed by atoms with Crippen LogP contribution in [0.1, 0.15) is 22.4 Å². The van der Waals surface area contributed by atoms with Crippen molar-refractivity contribution in [2.75, 3.05) is 13.7 Å². The fourth-order valence-electron chi connectivity index (χ4n) is 2.53. The molecule has 2 aromatic rings. The number of nitrogens with one attached hydrogen (secondary N) is 1. The number of nitrogens with zero attached hydrogens (tertiary/aromatic N) is 1. The van der Waals surface area contributed by atoms with E-state index in [9.17, 15) is 0 Å². The molecule has 0 aliphatic carbocycles. The second-order valence-electron chi connectivity index (χ2n) is 4.91. The Bertz CT molecular complexity index is 635. The maximum absolute atomic E-state index is 5.69. The Balaban J connectivity index is 2.67. The number of hydrogen-bond donors (Lipinski definition) is 2. The summed E-state index contributed by atoms with van der Waals surface area (Å²) in [5, 5.41) is 0. The third-order valence-corrected chi connectivity index (χ3v) is 4.03. The van der Waals surface area contributed by atoms with Gasteiger partial charge in [0.15, 0.2) is 4.73 Å². The highest BCUT2D eigenvalue weighted by molar-refractivity contribution is 9.10. The van der Waals surface area contributed by atoms with Crippen LogP contribution in [0.15, 0.2) is 10.8 Å². The summed E-state index contributed by atoms with van der Waals surface area (Å²) in [6.45, 7) is 6.85. The minimum Gasteiger partial charge on any atom is -0.496 e. The van der Waals surface area contributed by atoms with Crippen LogP contribution in [0.3, 0.4) is 0 Å². The van der Waals surface area contributed by atoms with Crippen LogP contribution in [0, 0.1) is 20.8 Å². The fourth-order valence-corrected chi connectivity index (χ4v) is 2.95. The average molecular weight is 338 g/mol. The number of benzene rings is 1. The van der Waals surface area contributed by atoms with Crippen LogP contribution < -0.4 is 10.5 Å². The lowest BCUT2D eigenvalue weighted by atomic mass is 9.94. The molecule has 0 fully saturated rings. The largest absolute Gasteiger partial charge is 0.496 e. The molecule has 1 heterocycles. The monoisotopic (exact) mass is 337 g/mol. The second-order valence-corrected chi connectivity index (χ2v) is 5.67. The van der Waals surface area contributed by atoms with E-state index < -0.39 is 0 Å². The summed E-state index contributed by atoms with van der Waals surface area (Å²) in [6.07, 6.45) is 0.776. The molecule has 0 radical (unpaired) electrons. The number of aromatic nitrogens is 2. The van der Waals surface area contributed by atoms with Gasteiger partial charge in [0.05, 0.1) is 12.8 Å². The maximum atomic E-state index is 5.69. The van der Waals surface area contributed by atoms with E-state index in [4.69, 9.17) is 10.5 Å². The molecule has 2 rings (SSSR count). The van der Waals surface area contributed by atoms with Crippen molar-refractivity contribution in [2.45, 2.75) is 27.2 Å². The normalized spacial score (nSPS) is 10.9. The van der Waals surface area contributed by atoms with Gasteiger partial charge < -0.3 is 15.5 Å². The molecular formula is C15H20BrN3O. The van der Waals surface area contributed by atoms with Gasteiger partial charge in [0.25, 0.3) is 0 Å². The fraction of sp³-hybridized carbons (Fsp3) is 0.400. The van der Waals surface area contributed by atoms with Gasteiger partial charge >= 0.3 is 0 Å². The number of imidazole rings is 1. The van der Waals surface area contributed by atoms with Crippen molar-refractivity contribution in [3.05, 3.63) is 33.2 Å². The van der Waals surface area contributed by atoms with E-state index >= 15 is 0 Å². The molecule has 4 nitrogen and oxygen atoms in total. The molecule has 1 aromatic heterocycles. The van der Waals surface area contributed by atoms with Gasteiger partial charge in [-0.15, -0.1) is 0 Å². The van der Waals surface area contributed by atoms with Crippen LogP contribution in [0.5, 0.6) is 5.75 Å². The number of nitrogens with two attached hydrogens (primary N) is 1. The van der Waals surface area contributed by atoms with E-state index in [0.717, 1.165) is 45.0 Å². The van der Waals surface area contributed by atoms with Crippen molar-refractivity contribution in [3.8, 4) is 17.0 Å². The van der Waals surface area contributed by atoms with E-state index in [-0.39, 0.29) is 0 Å². The minimum atomic E-state index is 0.592. The number of H-pyrrole nitrogens is 1. The third-order valence-electron chi connectivity index (χ3n) is 3.65. The Kier molecular flexibility index (Phi) is 4.50. The van der Waals surface area contributed by atoms with Gasteiger partial charge in [0.2, 0.25) is 0 Å². The first kappa shape index (κ1) is 15.1. The molecule has 5 heteroatoms. The van der Waals surface area contributed by atoms with Gasteiger partial charge in [-0.25, -0.2) is 4.98 Å². The van der Waals surface area contributed by atoms with E-state index in [0.29, 0.717) is 6.54 Å².